The van der Waals surface area contributed by atoms with Gasteiger partial charge in [-0.3, -0.25) is 28.9 Å². The van der Waals surface area contributed by atoms with Crippen LogP contribution in [0.1, 0.15) is 114 Å². The van der Waals surface area contributed by atoms with Crippen LogP contribution in [-0.4, -0.2) is 109 Å². The number of esters is 1. The molecule has 2 aromatic rings. The van der Waals surface area contributed by atoms with E-state index in [0.29, 0.717) is 17.2 Å². The molecule has 1 aliphatic heterocycles. The van der Waals surface area contributed by atoms with Gasteiger partial charge in [0.05, 0.1) is 25.7 Å². The molecule has 13 nitrogen and oxygen atoms in total. The number of nitrogens with one attached hydrogen (secondary N) is 1. The average molecular weight is 801 g/mol. The summed E-state index contributed by atoms with van der Waals surface area (Å²) in [6, 6.07) is 6.24. The van der Waals surface area contributed by atoms with E-state index in [-0.39, 0.29) is 67.7 Å². The quantitative estimate of drug-likeness (QED) is 0.123. The molecular formula is C42H64N4O9S. The summed E-state index contributed by atoms with van der Waals surface area (Å²) in [7, 11) is 5.13. The minimum atomic E-state index is -0.962. The van der Waals surface area contributed by atoms with E-state index in [1.165, 1.54) is 18.3 Å². The molecule has 0 saturated carbocycles. The molecule has 2 N–H and O–H groups in total. The molecular weight excluding hydrogens is 737 g/mol. The molecule has 14 heteroatoms. The van der Waals surface area contributed by atoms with Crippen LogP contribution >= 0.6 is 11.3 Å². The number of ketones is 1. The number of aliphatic carboxylic acids is 1. The van der Waals surface area contributed by atoms with Gasteiger partial charge in [-0.2, -0.15) is 0 Å². The van der Waals surface area contributed by atoms with Gasteiger partial charge in [-0.1, -0.05) is 59.6 Å². The van der Waals surface area contributed by atoms with Crippen LogP contribution in [0.2, 0.25) is 0 Å². The van der Waals surface area contributed by atoms with E-state index in [9.17, 15) is 29.1 Å². The number of piperidine rings is 1. The molecule has 56 heavy (non-hydrogen) atoms. The highest BCUT2D eigenvalue weighted by molar-refractivity contribution is 7.09. The predicted molar refractivity (Wildman–Crippen MR) is 216 cm³/mol. The highest BCUT2D eigenvalue weighted by Gasteiger charge is 2.39. The minimum Gasteiger partial charge on any atom is -0.497 e. The Morgan fingerprint density at radius 3 is 2.32 bits per heavy atom. The number of hydrogen-bond acceptors (Lipinski definition) is 11. The van der Waals surface area contributed by atoms with E-state index in [2.05, 4.69) is 15.2 Å². The van der Waals surface area contributed by atoms with Gasteiger partial charge in [-0.15, -0.1) is 11.3 Å². The van der Waals surface area contributed by atoms with Gasteiger partial charge in [-0.25, -0.2) is 4.98 Å². The van der Waals surface area contributed by atoms with Crippen LogP contribution in [0.3, 0.4) is 0 Å². The highest BCUT2D eigenvalue weighted by Crippen LogP contribution is 2.33. The van der Waals surface area contributed by atoms with E-state index < -0.39 is 47.9 Å². The fourth-order valence-electron chi connectivity index (χ4n) is 7.44. The van der Waals surface area contributed by atoms with Crippen molar-refractivity contribution in [2.75, 3.05) is 41.0 Å². The Morgan fingerprint density at radius 1 is 1.05 bits per heavy atom. The van der Waals surface area contributed by atoms with Gasteiger partial charge < -0.3 is 29.5 Å². The molecule has 0 aliphatic carbocycles. The molecule has 1 fully saturated rings. The van der Waals surface area contributed by atoms with Crippen LogP contribution in [0.4, 0.5) is 0 Å². The number of likely N-dealkylation sites (tertiary alicyclic amines) is 1. The molecule has 1 aliphatic rings. The van der Waals surface area contributed by atoms with E-state index in [1.807, 2.05) is 59.0 Å². The molecule has 0 radical (unpaired) electrons. The minimum absolute atomic E-state index is 0.0467. The second-order valence-electron chi connectivity index (χ2n) is 15.6. The normalized spacial score (nSPS) is 17.9. The maximum absolute atomic E-state index is 14.7. The van der Waals surface area contributed by atoms with Crippen molar-refractivity contribution in [2.45, 2.75) is 117 Å². The molecule has 312 valence electrons. The Morgan fingerprint density at radius 2 is 1.75 bits per heavy atom. The first kappa shape index (κ1) is 46.5. The van der Waals surface area contributed by atoms with Crippen LogP contribution in [0.15, 0.2) is 29.6 Å². The lowest BCUT2D eigenvalue weighted by molar-refractivity contribution is -0.150. The van der Waals surface area contributed by atoms with E-state index in [0.717, 1.165) is 37.8 Å². The lowest BCUT2D eigenvalue weighted by atomic mass is 9.82. The Balaban J connectivity index is 1.90. The van der Waals surface area contributed by atoms with Crippen LogP contribution in [0.5, 0.6) is 5.75 Å². The van der Waals surface area contributed by atoms with E-state index in [4.69, 9.17) is 14.2 Å². The zero-order valence-corrected chi connectivity index (χ0v) is 35.6. The fraction of sp³-hybridized carbons (Fsp3) is 0.667. The number of aromatic nitrogens is 1. The predicted octanol–water partition coefficient (Wildman–Crippen LogP) is 6.20. The van der Waals surface area contributed by atoms with Crippen molar-refractivity contribution in [3.05, 3.63) is 45.9 Å². The largest absolute Gasteiger partial charge is 0.497 e. The summed E-state index contributed by atoms with van der Waals surface area (Å²) in [5.74, 6) is -2.68. The fourth-order valence-corrected chi connectivity index (χ4v) is 8.28. The third kappa shape index (κ3) is 13.7. The van der Waals surface area contributed by atoms with E-state index >= 15 is 0 Å². The number of ether oxygens (including phenoxy) is 3. The summed E-state index contributed by atoms with van der Waals surface area (Å²) < 4.78 is 16.6. The number of amides is 2. The first-order chi connectivity index (χ1) is 26.6. The van der Waals surface area contributed by atoms with Crippen LogP contribution in [-0.2, 0) is 35.1 Å². The average Bonchev–Trinajstić information content (AvgIpc) is 3.66. The Labute approximate surface area is 336 Å². The van der Waals surface area contributed by atoms with Crippen molar-refractivity contribution >= 4 is 40.9 Å². The van der Waals surface area contributed by atoms with Gasteiger partial charge >= 0.3 is 11.9 Å². The second-order valence-corrected chi connectivity index (χ2v) is 16.5. The van der Waals surface area contributed by atoms with Crippen molar-refractivity contribution in [1.82, 2.24) is 20.1 Å². The van der Waals surface area contributed by atoms with Crippen LogP contribution < -0.4 is 10.1 Å². The SMILES string of the molecule is CCC(C)C(CC(=O)C1CCCCN1C)C(=O)N(CCOC)[C@H](C[C@@H](OC(C)=O)c1nc(C(=O)N[C@@H](Cc2ccc(OC)cc2)C[C@H](C)C(=O)O)cs1)C(C)C. The number of hydrogen-bond donors (Lipinski definition) is 2. The summed E-state index contributed by atoms with van der Waals surface area (Å²) in [5, 5.41) is 14.6. The zero-order chi connectivity index (χ0) is 41.5. The molecule has 3 unspecified atom stereocenters. The first-order valence-electron chi connectivity index (χ1n) is 19.9. The maximum Gasteiger partial charge on any atom is 0.306 e. The van der Waals surface area contributed by atoms with Gasteiger partial charge in [0.25, 0.3) is 5.91 Å². The van der Waals surface area contributed by atoms with Crippen molar-refractivity contribution in [1.29, 1.82) is 0 Å². The monoisotopic (exact) mass is 800 g/mol. The Hall–Kier alpha value is -3.88. The van der Waals surface area contributed by atoms with Crippen molar-refractivity contribution < 1.29 is 43.3 Å². The number of carbonyl (C=O) groups is 5. The number of likely N-dealkylation sites (N-methyl/N-ethyl adjacent to an activating group) is 1. The van der Waals surface area contributed by atoms with Gasteiger partial charge in [0.1, 0.15) is 16.5 Å². The lowest BCUT2D eigenvalue weighted by Crippen LogP contribution is -2.50. The van der Waals surface area contributed by atoms with Crippen molar-refractivity contribution in [3.63, 3.8) is 0 Å². The van der Waals surface area contributed by atoms with Crippen LogP contribution in [0, 0.1) is 23.7 Å². The molecule has 7 atom stereocenters. The Bertz CT molecular complexity index is 1580. The number of carboxylic acid groups (broad SMARTS) is 1. The molecule has 3 rings (SSSR count). The lowest BCUT2D eigenvalue weighted by Gasteiger charge is -2.39. The molecule has 1 aromatic carbocycles. The summed E-state index contributed by atoms with van der Waals surface area (Å²) in [5.41, 5.74) is 1.01. The number of Topliss-reactive ketones (excluding diaryl/α,β-unsaturated/α-hetero) is 1. The summed E-state index contributed by atoms with van der Waals surface area (Å²) >= 11 is 1.18. The van der Waals surface area contributed by atoms with Crippen molar-refractivity contribution in [2.24, 2.45) is 23.7 Å². The third-order valence-corrected chi connectivity index (χ3v) is 12.0. The van der Waals surface area contributed by atoms with Gasteiger partial charge in [0, 0.05) is 56.8 Å². The smallest absolute Gasteiger partial charge is 0.306 e. The number of rotatable bonds is 23. The first-order valence-corrected chi connectivity index (χ1v) is 20.8. The maximum atomic E-state index is 14.7. The highest BCUT2D eigenvalue weighted by atomic mass is 32.1. The topological polar surface area (TPSA) is 165 Å². The number of carboxylic acids is 1. The molecule has 1 aromatic heterocycles. The third-order valence-electron chi connectivity index (χ3n) is 11.0. The number of benzene rings is 1. The number of nitrogens with zero attached hydrogens (tertiary/aromatic N) is 3. The molecule has 0 bridgehead atoms. The van der Waals surface area contributed by atoms with Gasteiger partial charge in [0.15, 0.2) is 11.9 Å². The summed E-state index contributed by atoms with van der Waals surface area (Å²) in [4.78, 5) is 74.9. The molecule has 2 heterocycles. The van der Waals surface area contributed by atoms with Crippen LogP contribution in [0.25, 0.3) is 0 Å². The van der Waals surface area contributed by atoms with Gasteiger partial charge in [-0.05, 0) is 68.8 Å². The summed E-state index contributed by atoms with van der Waals surface area (Å²) in [6.45, 7) is 12.4. The molecule has 2 amide bonds. The molecule has 1 saturated heterocycles. The standard InChI is InChI=1S/C42H64N4O9S/c1-10-27(4)33(23-37(48)35-13-11-12-18-45(35)7)41(50)46(19-20-53-8)36(26(2)3)24-38(55-29(6)47)40-44-34(25-56-40)39(49)43-31(21-28(5)42(51)52)22-30-14-16-32(54-9)17-15-30/h14-17,25-28,31,33,35-36,38H,10-13,18-24H2,1-9H3,(H,43,49)(H,51,52)/t27?,28-,31+,33?,35?,36+,38+/m0/s1. The summed E-state index contributed by atoms with van der Waals surface area (Å²) in [6.07, 6.45) is 3.65. The zero-order valence-electron chi connectivity index (χ0n) is 34.7. The van der Waals surface area contributed by atoms with Crippen molar-refractivity contribution in [3.8, 4) is 5.75 Å². The second kappa shape index (κ2) is 22.8. The number of thiazole rings is 1. The number of carbonyl (C=O) groups excluding carboxylic acids is 4. The number of methoxy groups -OCH3 is 2. The molecule has 0 spiro atoms. The van der Waals surface area contributed by atoms with E-state index in [1.54, 1.807) is 31.4 Å². The van der Waals surface area contributed by atoms with Gasteiger partial charge in [0.2, 0.25) is 5.91 Å². The Kier molecular flexibility index (Phi) is 18.9.